The van der Waals surface area contributed by atoms with Crippen LogP contribution in [0.3, 0.4) is 0 Å². The Labute approximate surface area is 130 Å². The van der Waals surface area contributed by atoms with Gasteiger partial charge in [0, 0.05) is 24.2 Å². The molecule has 2 rings (SSSR count). The highest BCUT2D eigenvalue weighted by Crippen LogP contribution is 2.31. The fourth-order valence-corrected chi connectivity index (χ4v) is 2.69. The first-order valence-corrected chi connectivity index (χ1v) is 7.42. The molecular weight excluding hydrogens is 373 g/mol. The molecule has 2 N–H and O–H groups in total. The Hall–Kier alpha value is -1.32. The monoisotopic (exact) mass is 382 g/mol. The summed E-state index contributed by atoms with van der Waals surface area (Å²) in [5, 5.41) is 4.79. The van der Waals surface area contributed by atoms with E-state index in [0.717, 1.165) is 22.6 Å². The number of benzene rings is 1. The largest absolute Gasteiger partial charge is 0.573 e. The van der Waals surface area contributed by atoms with Crippen molar-refractivity contribution in [3.63, 3.8) is 0 Å². The molecule has 114 valence electrons. The molecule has 0 atom stereocenters. The Morgan fingerprint density at radius 3 is 2.67 bits per heavy atom. The van der Waals surface area contributed by atoms with Crippen molar-refractivity contribution in [1.82, 2.24) is 10.3 Å². The van der Waals surface area contributed by atoms with Gasteiger partial charge in [-0.15, -0.1) is 13.2 Å². The van der Waals surface area contributed by atoms with Crippen LogP contribution < -0.4 is 14.9 Å². The predicted molar refractivity (Wildman–Crippen MR) is 76.3 cm³/mol. The van der Waals surface area contributed by atoms with E-state index in [1.165, 1.54) is 12.1 Å². The topological polar surface area (TPSA) is 54.1 Å². The van der Waals surface area contributed by atoms with Gasteiger partial charge < -0.3 is 15.0 Å². The number of hydrogen-bond acceptors (Lipinski definition) is 4. The first-order valence-electron chi connectivity index (χ1n) is 5.75. The zero-order valence-corrected chi connectivity index (χ0v) is 12.9. The molecule has 0 fully saturated rings. The maximum atomic E-state index is 12.1. The number of hydrogen-bond donors (Lipinski definition) is 2. The van der Waals surface area contributed by atoms with E-state index in [1.54, 1.807) is 11.4 Å². The molecule has 1 aromatic heterocycles. The average molecular weight is 383 g/mol. The summed E-state index contributed by atoms with van der Waals surface area (Å²) >= 11 is 4.12. The lowest BCUT2D eigenvalue weighted by Crippen LogP contribution is -2.17. The minimum absolute atomic E-state index is 0.122. The highest BCUT2D eigenvalue weighted by atomic mass is 79.9. The van der Waals surface area contributed by atoms with E-state index in [-0.39, 0.29) is 15.1 Å². The molecule has 0 aliphatic rings. The van der Waals surface area contributed by atoms with Gasteiger partial charge in [0.05, 0.1) is 4.47 Å². The molecule has 9 heteroatoms. The van der Waals surface area contributed by atoms with Crippen molar-refractivity contribution in [2.45, 2.75) is 19.5 Å². The van der Waals surface area contributed by atoms with Gasteiger partial charge in [-0.3, -0.25) is 4.79 Å². The predicted octanol–water partition coefficient (Wildman–Crippen LogP) is 3.39. The van der Waals surface area contributed by atoms with Crippen LogP contribution in [0.25, 0.3) is 0 Å². The summed E-state index contributed by atoms with van der Waals surface area (Å²) in [6.45, 7) is 0.917. The summed E-state index contributed by atoms with van der Waals surface area (Å²) < 4.78 is 40.5. The third kappa shape index (κ3) is 5.18. The number of aromatic amines is 1. The molecule has 21 heavy (non-hydrogen) atoms. The van der Waals surface area contributed by atoms with Crippen molar-refractivity contribution in [2.75, 3.05) is 0 Å². The normalized spacial score (nSPS) is 11.6. The summed E-state index contributed by atoms with van der Waals surface area (Å²) in [4.78, 5) is 13.5. The minimum atomic E-state index is -4.72. The van der Waals surface area contributed by atoms with Gasteiger partial charge in [0.15, 0.2) is 0 Å². The fourth-order valence-electron chi connectivity index (χ4n) is 1.60. The van der Waals surface area contributed by atoms with Gasteiger partial charge in [0.1, 0.15) is 5.75 Å². The molecule has 0 aliphatic carbocycles. The van der Waals surface area contributed by atoms with Crippen LogP contribution in [-0.4, -0.2) is 11.3 Å². The number of nitrogens with one attached hydrogen (secondary N) is 2. The second kappa shape index (κ2) is 6.63. The lowest BCUT2D eigenvalue weighted by Gasteiger charge is -2.11. The van der Waals surface area contributed by atoms with Crippen molar-refractivity contribution in [3.8, 4) is 5.75 Å². The Morgan fingerprint density at radius 2 is 2.10 bits per heavy atom. The van der Waals surface area contributed by atoms with Crippen molar-refractivity contribution in [1.29, 1.82) is 0 Å². The SMILES string of the molecule is O=c1[nH]c(CNCc2ccc(OC(F)(F)F)c(Br)c2)cs1. The standard InChI is InChI=1S/C12H10BrF3N2O2S/c13-9-3-7(1-2-10(9)20-12(14,15)16)4-17-5-8-6-21-11(19)18-8/h1-3,6,17H,4-5H2,(H,18,19). The van der Waals surface area contributed by atoms with Gasteiger partial charge in [0.25, 0.3) is 0 Å². The first-order chi connectivity index (χ1) is 9.83. The Morgan fingerprint density at radius 1 is 1.33 bits per heavy atom. The van der Waals surface area contributed by atoms with E-state index >= 15 is 0 Å². The van der Waals surface area contributed by atoms with Gasteiger partial charge in [-0.2, -0.15) is 0 Å². The number of thiazole rings is 1. The Kier molecular flexibility index (Phi) is 5.07. The smallest absolute Gasteiger partial charge is 0.405 e. The summed E-state index contributed by atoms with van der Waals surface area (Å²) in [5.41, 5.74) is 1.55. The van der Waals surface area contributed by atoms with Crippen LogP contribution in [0, 0.1) is 0 Å². The van der Waals surface area contributed by atoms with Gasteiger partial charge in [0.2, 0.25) is 0 Å². The molecular formula is C12H10BrF3N2O2S. The Balaban J connectivity index is 1.92. The van der Waals surface area contributed by atoms with Gasteiger partial charge in [-0.25, -0.2) is 0 Å². The molecule has 0 amide bonds. The maximum Gasteiger partial charge on any atom is 0.573 e. The first kappa shape index (κ1) is 16.1. The number of rotatable bonds is 5. The number of halogens is 4. The number of aromatic nitrogens is 1. The van der Waals surface area contributed by atoms with Crippen LogP contribution in [-0.2, 0) is 13.1 Å². The summed E-state index contributed by atoms with van der Waals surface area (Å²) in [6.07, 6.45) is -4.72. The van der Waals surface area contributed by atoms with Crippen molar-refractivity contribution in [2.24, 2.45) is 0 Å². The number of alkyl halides is 3. The van der Waals surface area contributed by atoms with Crippen LogP contribution >= 0.6 is 27.3 Å². The van der Waals surface area contributed by atoms with E-state index in [1.807, 2.05) is 0 Å². The van der Waals surface area contributed by atoms with E-state index in [2.05, 4.69) is 31.0 Å². The van der Waals surface area contributed by atoms with E-state index in [9.17, 15) is 18.0 Å². The molecule has 0 aliphatic heterocycles. The second-order valence-corrected chi connectivity index (χ2v) is 5.79. The lowest BCUT2D eigenvalue weighted by molar-refractivity contribution is -0.274. The number of ether oxygens (including phenoxy) is 1. The summed E-state index contributed by atoms with van der Waals surface area (Å²) in [6, 6.07) is 4.33. The molecule has 0 saturated carbocycles. The highest BCUT2D eigenvalue weighted by molar-refractivity contribution is 9.10. The maximum absolute atomic E-state index is 12.1. The quantitative estimate of drug-likeness (QED) is 0.833. The molecule has 0 radical (unpaired) electrons. The summed E-state index contributed by atoms with van der Waals surface area (Å²) in [7, 11) is 0. The molecule has 4 nitrogen and oxygen atoms in total. The van der Waals surface area contributed by atoms with Crippen molar-refractivity contribution in [3.05, 3.63) is 49.0 Å². The zero-order chi connectivity index (χ0) is 15.5. The molecule has 0 saturated heterocycles. The molecule has 2 aromatic rings. The van der Waals surface area contributed by atoms with Gasteiger partial charge in [-0.05, 0) is 33.6 Å². The molecule has 0 spiro atoms. The van der Waals surface area contributed by atoms with E-state index < -0.39 is 6.36 Å². The molecule has 1 heterocycles. The van der Waals surface area contributed by atoms with Crippen molar-refractivity contribution >= 4 is 27.3 Å². The number of H-pyrrole nitrogens is 1. The summed E-state index contributed by atoms with van der Waals surface area (Å²) in [5.74, 6) is -0.284. The van der Waals surface area contributed by atoms with Crippen LogP contribution in [0.5, 0.6) is 5.75 Å². The van der Waals surface area contributed by atoms with Crippen LogP contribution in [0.2, 0.25) is 0 Å². The third-order valence-electron chi connectivity index (χ3n) is 2.44. The molecule has 0 unspecified atom stereocenters. The van der Waals surface area contributed by atoms with E-state index in [0.29, 0.717) is 13.1 Å². The van der Waals surface area contributed by atoms with Crippen LogP contribution in [0.4, 0.5) is 13.2 Å². The molecule has 1 aromatic carbocycles. The average Bonchev–Trinajstić information content (AvgIpc) is 2.77. The fraction of sp³-hybridized carbons (Fsp3) is 0.250. The lowest BCUT2D eigenvalue weighted by atomic mass is 10.2. The third-order valence-corrected chi connectivity index (χ3v) is 3.78. The van der Waals surface area contributed by atoms with Gasteiger partial charge in [-0.1, -0.05) is 17.4 Å². The molecule has 0 bridgehead atoms. The highest BCUT2D eigenvalue weighted by Gasteiger charge is 2.31. The van der Waals surface area contributed by atoms with Gasteiger partial charge >= 0.3 is 11.2 Å². The van der Waals surface area contributed by atoms with Crippen LogP contribution in [0.15, 0.2) is 32.8 Å². The Bertz CT molecular complexity index is 669. The minimum Gasteiger partial charge on any atom is -0.405 e. The zero-order valence-electron chi connectivity index (χ0n) is 10.5. The van der Waals surface area contributed by atoms with Crippen LogP contribution in [0.1, 0.15) is 11.3 Å². The second-order valence-electron chi connectivity index (χ2n) is 4.09. The van der Waals surface area contributed by atoms with Crippen molar-refractivity contribution < 1.29 is 17.9 Å². The van der Waals surface area contributed by atoms with E-state index in [4.69, 9.17) is 0 Å².